The molecule has 3 N–H and O–H groups in total. The maximum atomic E-state index is 15.2. The summed E-state index contributed by atoms with van der Waals surface area (Å²) >= 11 is 0. The van der Waals surface area contributed by atoms with Crippen molar-refractivity contribution in [2.45, 2.75) is 19.4 Å². The van der Waals surface area contributed by atoms with Gasteiger partial charge in [0.1, 0.15) is 17.1 Å². The molecule has 0 spiro atoms. The van der Waals surface area contributed by atoms with E-state index in [1.54, 1.807) is 13.0 Å². The topological polar surface area (TPSA) is 118 Å². The van der Waals surface area contributed by atoms with Gasteiger partial charge in [0.2, 0.25) is 16.0 Å². The number of halogens is 2. The number of nitrogens with two attached hydrogens (primary N) is 1. The standard InChI is InChI=1S/C18H19F2N5O3S/c1-10-4-6-13(22-8-10)16(26)23-12-7-5-11(19)14(15(12)20)18(2)9-29(27,28)25(3)17(21)24-18/h4-8H,9H2,1-3H3,(H2,21,24)(H,23,26)/t18-/m0/s1. The lowest BCUT2D eigenvalue weighted by Gasteiger charge is -2.35. The number of hydrogen-bond donors (Lipinski definition) is 2. The molecule has 1 aromatic carbocycles. The van der Waals surface area contributed by atoms with Crippen LogP contribution in [-0.4, -0.2) is 42.4 Å². The van der Waals surface area contributed by atoms with Crippen molar-refractivity contribution in [2.24, 2.45) is 10.7 Å². The first-order valence-corrected chi connectivity index (χ1v) is 10.1. The summed E-state index contributed by atoms with van der Waals surface area (Å²) in [5.74, 6) is -3.93. The van der Waals surface area contributed by atoms with Crippen LogP contribution in [0.15, 0.2) is 35.5 Å². The quantitative estimate of drug-likeness (QED) is 0.780. The number of hydrogen-bond acceptors (Lipinski definition) is 6. The van der Waals surface area contributed by atoms with Crippen molar-refractivity contribution in [3.05, 3.63) is 58.9 Å². The van der Waals surface area contributed by atoms with E-state index in [-0.39, 0.29) is 11.4 Å². The van der Waals surface area contributed by atoms with Gasteiger partial charge in [0.05, 0.1) is 17.0 Å². The number of pyridine rings is 1. The SMILES string of the molecule is Cc1ccc(C(=O)Nc2ccc(F)c([C@]3(C)CS(=O)(=O)N(C)C(N)=N3)c2F)nc1. The highest BCUT2D eigenvalue weighted by Gasteiger charge is 2.43. The van der Waals surface area contributed by atoms with E-state index >= 15 is 4.39 Å². The fourth-order valence-corrected chi connectivity index (χ4v) is 4.45. The zero-order valence-electron chi connectivity index (χ0n) is 15.9. The van der Waals surface area contributed by atoms with Gasteiger partial charge in [-0.3, -0.25) is 9.78 Å². The highest BCUT2D eigenvalue weighted by molar-refractivity contribution is 7.89. The van der Waals surface area contributed by atoms with Gasteiger partial charge in [-0.2, -0.15) is 0 Å². The first-order valence-electron chi connectivity index (χ1n) is 8.49. The van der Waals surface area contributed by atoms with Crippen LogP contribution in [0.25, 0.3) is 0 Å². The number of carbonyl (C=O) groups is 1. The first kappa shape index (κ1) is 20.6. The van der Waals surface area contributed by atoms with E-state index in [0.717, 1.165) is 22.0 Å². The van der Waals surface area contributed by atoms with Crippen LogP contribution in [0.1, 0.15) is 28.5 Å². The molecule has 11 heteroatoms. The lowest BCUT2D eigenvalue weighted by Crippen LogP contribution is -2.50. The largest absolute Gasteiger partial charge is 0.369 e. The fraction of sp³-hybridized carbons (Fsp3) is 0.278. The molecule has 0 unspecified atom stereocenters. The maximum Gasteiger partial charge on any atom is 0.274 e. The predicted molar refractivity (Wildman–Crippen MR) is 104 cm³/mol. The van der Waals surface area contributed by atoms with Gasteiger partial charge in [0.15, 0.2) is 5.82 Å². The summed E-state index contributed by atoms with van der Waals surface area (Å²) in [6.07, 6.45) is 1.48. The van der Waals surface area contributed by atoms with Crippen molar-refractivity contribution in [1.82, 2.24) is 9.29 Å². The van der Waals surface area contributed by atoms with Gasteiger partial charge in [-0.25, -0.2) is 26.5 Å². The van der Waals surface area contributed by atoms with E-state index in [0.29, 0.717) is 0 Å². The van der Waals surface area contributed by atoms with E-state index in [1.165, 1.54) is 26.2 Å². The van der Waals surface area contributed by atoms with Crippen molar-refractivity contribution >= 4 is 27.6 Å². The zero-order valence-corrected chi connectivity index (χ0v) is 16.7. The number of aryl methyl sites for hydroxylation is 1. The van der Waals surface area contributed by atoms with Gasteiger partial charge in [0.25, 0.3) is 5.91 Å². The summed E-state index contributed by atoms with van der Waals surface area (Å²) < 4.78 is 55.1. The summed E-state index contributed by atoms with van der Waals surface area (Å²) in [6, 6.07) is 5.10. The molecule has 0 radical (unpaired) electrons. The molecule has 154 valence electrons. The van der Waals surface area contributed by atoms with E-state index in [2.05, 4.69) is 15.3 Å². The van der Waals surface area contributed by atoms with Crippen molar-refractivity contribution in [2.75, 3.05) is 18.1 Å². The fourth-order valence-electron chi connectivity index (χ4n) is 3.01. The van der Waals surface area contributed by atoms with Crippen LogP contribution < -0.4 is 11.1 Å². The summed E-state index contributed by atoms with van der Waals surface area (Å²) in [5, 5.41) is 2.33. The number of nitrogens with zero attached hydrogens (tertiary/aromatic N) is 3. The summed E-state index contributed by atoms with van der Waals surface area (Å²) in [5.41, 5.74) is 3.77. The molecule has 3 rings (SSSR count). The number of benzene rings is 1. The van der Waals surface area contributed by atoms with Crippen molar-refractivity contribution in [3.8, 4) is 0 Å². The molecule has 0 bridgehead atoms. The lowest BCUT2D eigenvalue weighted by molar-refractivity contribution is 0.102. The Kier molecular flexibility index (Phi) is 5.03. The molecule has 0 fully saturated rings. The van der Waals surface area contributed by atoms with Crippen LogP contribution in [0, 0.1) is 18.6 Å². The normalized spacial score (nSPS) is 20.9. The third-order valence-corrected chi connectivity index (χ3v) is 6.54. The van der Waals surface area contributed by atoms with E-state index in [1.807, 2.05) is 0 Å². The molecule has 1 atom stereocenters. The molecular weight excluding hydrogens is 404 g/mol. The number of nitrogens with one attached hydrogen (secondary N) is 1. The Morgan fingerprint density at radius 3 is 2.55 bits per heavy atom. The number of amides is 1. The number of carbonyl (C=O) groups excluding carboxylic acids is 1. The van der Waals surface area contributed by atoms with Gasteiger partial charge in [-0.05, 0) is 37.6 Å². The Labute approximate surface area is 166 Å². The molecular formula is C18H19F2N5O3S. The number of sulfonamides is 1. The number of aliphatic imine (C=N–C) groups is 1. The minimum Gasteiger partial charge on any atom is -0.369 e. The summed E-state index contributed by atoms with van der Waals surface area (Å²) in [4.78, 5) is 20.3. The van der Waals surface area contributed by atoms with E-state index < -0.39 is 50.4 Å². The van der Waals surface area contributed by atoms with Crippen LogP contribution in [0.2, 0.25) is 0 Å². The lowest BCUT2D eigenvalue weighted by atomic mass is 9.92. The average Bonchev–Trinajstić information content (AvgIpc) is 2.62. The van der Waals surface area contributed by atoms with Crippen LogP contribution in [0.5, 0.6) is 0 Å². The minimum atomic E-state index is -3.94. The van der Waals surface area contributed by atoms with Crippen molar-refractivity contribution < 1.29 is 22.0 Å². The second-order valence-corrected chi connectivity index (χ2v) is 8.93. The number of guanidine groups is 1. The average molecular weight is 423 g/mol. The minimum absolute atomic E-state index is 0.0382. The third kappa shape index (κ3) is 3.77. The van der Waals surface area contributed by atoms with Crippen LogP contribution >= 0.6 is 0 Å². The second kappa shape index (κ2) is 7.07. The maximum absolute atomic E-state index is 15.2. The Bertz CT molecular complexity index is 1120. The van der Waals surface area contributed by atoms with Gasteiger partial charge < -0.3 is 11.1 Å². The molecule has 1 aliphatic heterocycles. The number of anilines is 1. The molecule has 0 saturated carbocycles. The van der Waals surface area contributed by atoms with Gasteiger partial charge in [-0.1, -0.05) is 6.07 Å². The van der Waals surface area contributed by atoms with E-state index in [9.17, 15) is 17.6 Å². The molecule has 0 aliphatic carbocycles. The van der Waals surface area contributed by atoms with Crippen LogP contribution in [0.4, 0.5) is 14.5 Å². The van der Waals surface area contributed by atoms with Gasteiger partial charge >= 0.3 is 0 Å². The molecule has 2 heterocycles. The van der Waals surface area contributed by atoms with Crippen LogP contribution in [-0.2, 0) is 15.6 Å². The Morgan fingerprint density at radius 2 is 1.97 bits per heavy atom. The molecule has 1 aliphatic rings. The molecule has 0 saturated heterocycles. The molecule has 29 heavy (non-hydrogen) atoms. The highest BCUT2D eigenvalue weighted by Crippen LogP contribution is 2.37. The van der Waals surface area contributed by atoms with Crippen molar-refractivity contribution in [1.29, 1.82) is 0 Å². The summed E-state index contributed by atoms with van der Waals surface area (Å²) in [6.45, 7) is 3.06. The monoisotopic (exact) mass is 423 g/mol. The smallest absolute Gasteiger partial charge is 0.274 e. The summed E-state index contributed by atoms with van der Waals surface area (Å²) in [7, 11) is -2.74. The number of rotatable bonds is 3. The molecule has 1 aromatic heterocycles. The second-order valence-electron chi connectivity index (χ2n) is 6.93. The molecule has 8 nitrogen and oxygen atoms in total. The predicted octanol–water partition coefficient (Wildman–Crippen LogP) is 1.73. The number of aromatic nitrogens is 1. The van der Waals surface area contributed by atoms with Crippen LogP contribution in [0.3, 0.4) is 0 Å². The van der Waals surface area contributed by atoms with Gasteiger partial charge in [0, 0.05) is 13.2 Å². The third-order valence-electron chi connectivity index (χ3n) is 4.59. The van der Waals surface area contributed by atoms with E-state index in [4.69, 9.17) is 5.73 Å². The van der Waals surface area contributed by atoms with Gasteiger partial charge in [-0.15, -0.1) is 0 Å². The zero-order chi connectivity index (χ0) is 21.6. The highest BCUT2D eigenvalue weighted by atomic mass is 32.2. The molecule has 2 aromatic rings. The first-order chi connectivity index (χ1) is 13.4. The molecule has 1 amide bonds. The Morgan fingerprint density at radius 1 is 1.28 bits per heavy atom. The Hall–Kier alpha value is -3.08. The Balaban J connectivity index is 2.04. The van der Waals surface area contributed by atoms with Crippen molar-refractivity contribution in [3.63, 3.8) is 0 Å².